The zero-order chi connectivity index (χ0) is 27.2. The van der Waals surface area contributed by atoms with E-state index in [4.69, 9.17) is 9.47 Å². The first-order valence-corrected chi connectivity index (χ1v) is 13.2. The van der Waals surface area contributed by atoms with E-state index in [1.54, 1.807) is 6.92 Å². The summed E-state index contributed by atoms with van der Waals surface area (Å²) in [5.41, 5.74) is 2.03. The van der Waals surface area contributed by atoms with Gasteiger partial charge in [0, 0.05) is 18.9 Å². The predicted octanol–water partition coefficient (Wildman–Crippen LogP) is 3.47. The number of rotatable bonds is 9. The molecule has 1 heterocycles. The second-order valence-electron chi connectivity index (χ2n) is 9.66. The number of allylic oxidation sites excluding steroid dienone is 2. The third-order valence-corrected chi connectivity index (χ3v) is 6.27. The van der Waals surface area contributed by atoms with Crippen LogP contribution in [0.3, 0.4) is 0 Å². The van der Waals surface area contributed by atoms with Crippen LogP contribution in [0.4, 0.5) is 0 Å². The Morgan fingerprint density at radius 1 is 1.11 bits per heavy atom. The summed E-state index contributed by atoms with van der Waals surface area (Å²) in [5.74, 6) is -0.707. The largest absolute Gasteiger partial charge is 0.489 e. The van der Waals surface area contributed by atoms with Crippen molar-refractivity contribution in [3.8, 4) is 5.75 Å². The van der Waals surface area contributed by atoms with Gasteiger partial charge in [-0.1, -0.05) is 54.6 Å². The first kappa shape index (κ1) is 28.9. The van der Waals surface area contributed by atoms with Crippen LogP contribution < -0.4 is 15.4 Å². The number of hydrogen-bond acceptors (Lipinski definition) is 6. The Labute approximate surface area is 224 Å². The van der Waals surface area contributed by atoms with Crippen LogP contribution in [-0.4, -0.2) is 48.2 Å². The van der Waals surface area contributed by atoms with Gasteiger partial charge < -0.3 is 25.2 Å². The molecule has 3 rings (SSSR count). The summed E-state index contributed by atoms with van der Waals surface area (Å²) in [4.78, 5) is 37.9. The normalized spacial score (nSPS) is 19.6. The first-order valence-electron chi connectivity index (χ1n) is 13.2. The van der Waals surface area contributed by atoms with E-state index >= 15 is 0 Å². The van der Waals surface area contributed by atoms with Crippen LogP contribution in [0.2, 0.25) is 0 Å². The lowest BCUT2D eigenvalue weighted by molar-refractivity contribution is -0.145. The molecule has 0 saturated carbocycles. The summed E-state index contributed by atoms with van der Waals surface area (Å²) in [7, 11) is 0. The number of benzene rings is 2. The van der Waals surface area contributed by atoms with Crippen molar-refractivity contribution in [2.75, 3.05) is 13.2 Å². The lowest BCUT2D eigenvalue weighted by atomic mass is 9.97. The van der Waals surface area contributed by atoms with Crippen molar-refractivity contribution in [2.24, 2.45) is 5.92 Å². The first-order chi connectivity index (χ1) is 18.4. The molecule has 2 aromatic rings. The van der Waals surface area contributed by atoms with Crippen molar-refractivity contribution in [3.63, 3.8) is 0 Å². The molecule has 38 heavy (non-hydrogen) atoms. The molecule has 0 aromatic heterocycles. The Morgan fingerprint density at radius 3 is 2.61 bits per heavy atom. The number of nitrogens with one attached hydrogen (secondary N) is 2. The average Bonchev–Trinajstić information content (AvgIpc) is 2.93. The SMILES string of the molecule is CC(CO)NC(=O)CC1CC=CCCCC(=O)OCC(Cc2ccc(OCc3ccccc3)cc2)NC1=O. The van der Waals surface area contributed by atoms with Gasteiger partial charge in [0.25, 0.3) is 0 Å². The molecule has 0 spiro atoms. The molecule has 0 bridgehead atoms. The Hall–Kier alpha value is -3.65. The Balaban J connectivity index is 1.65. The second-order valence-corrected chi connectivity index (χ2v) is 9.66. The second kappa shape index (κ2) is 15.6. The molecule has 204 valence electrons. The minimum Gasteiger partial charge on any atom is -0.489 e. The van der Waals surface area contributed by atoms with Gasteiger partial charge in [-0.05, 0) is 55.9 Å². The minimum absolute atomic E-state index is 0.000467. The highest BCUT2D eigenvalue weighted by atomic mass is 16.5. The van der Waals surface area contributed by atoms with Gasteiger partial charge in [-0.15, -0.1) is 0 Å². The standard InChI is InChI=1S/C30H38N2O6/c1-22(19-33)31-28(34)18-25-11-7-2-3-8-12-29(35)38-21-26(32-30(25)36)17-23-13-15-27(16-14-23)37-20-24-9-5-4-6-10-24/h2,4-7,9-10,13-16,22,25-26,33H,3,8,11-12,17-21H2,1H3,(H,31,34)(H,32,36). The van der Waals surface area contributed by atoms with Gasteiger partial charge in [-0.25, -0.2) is 0 Å². The number of aliphatic hydroxyl groups is 1. The quantitative estimate of drug-likeness (QED) is 0.343. The monoisotopic (exact) mass is 522 g/mol. The Morgan fingerprint density at radius 2 is 1.87 bits per heavy atom. The van der Waals surface area contributed by atoms with Gasteiger partial charge in [0.05, 0.1) is 18.6 Å². The highest BCUT2D eigenvalue weighted by Crippen LogP contribution is 2.17. The molecule has 8 heteroatoms. The summed E-state index contributed by atoms with van der Waals surface area (Å²) in [6, 6.07) is 16.7. The summed E-state index contributed by atoms with van der Waals surface area (Å²) < 4.78 is 11.3. The number of amides is 2. The van der Waals surface area contributed by atoms with E-state index in [-0.39, 0.29) is 43.5 Å². The minimum atomic E-state index is -0.579. The molecule has 3 unspecified atom stereocenters. The molecule has 0 aliphatic carbocycles. The van der Waals surface area contributed by atoms with Crippen molar-refractivity contribution < 1.29 is 29.0 Å². The average molecular weight is 523 g/mol. The molecule has 0 radical (unpaired) electrons. The van der Waals surface area contributed by atoms with E-state index in [0.29, 0.717) is 38.7 Å². The third kappa shape index (κ3) is 10.4. The fourth-order valence-electron chi connectivity index (χ4n) is 4.11. The zero-order valence-corrected chi connectivity index (χ0v) is 21.9. The van der Waals surface area contributed by atoms with Crippen molar-refractivity contribution in [1.29, 1.82) is 0 Å². The molecule has 0 fully saturated rings. The third-order valence-electron chi connectivity index (χ3n) is 6.27. The summed E-state index contributed by atoms with van der Waals surface area (Å²) >= 11 is 0. The number of ether oxygens (including phenoxy) is 2. The number of carbonyl (C=O) groups excluding carboxylic acids is 3. The molecule has 2 aromatic carbocycles. The highest BCUT2D eigenvalue weighted by Gasteiger charge is 2.25. The Kier molecular flexibility index (Phi) is 11.8. The van der Waals surface area contributed by atoms with Gasteiger partial charge in [0.2, 0.25) is 11.8 Å². The van der Waals surface area contributed by atoms with Gasteiger partial charge in [-0.2, -0.15) is 0 Å². The van der Waals surface area contributed by atoms with Gasteiger partial charge >= 0.3 is 5.97 Å². The molecule has 0 saturated heterocycles. The van der Waals surface area contributed by atoms with E-state index in [1.165, 1.54) is 0 Å². The molecular formula is C30H38N2O6. The van der Waals surface area contributed by atoms with Gasteiger partial charge in [0.1, 0.15) is 19.0 Å². The fraction of sp³-hybridized carbons (Fsp3) is 0.433. The van der Waals surface area contributed by atoms with Crippen molar-refractivity contribution >= 4 is 17.8 Å². The van der Waals surface area contributed by atoms with Crippen LogP contribution in [-0.2, 0) is 32.1 Å². The van der Waals surface area contributed by atoms with Crippen LogP contribution in [0.5, 0.6) is 5.75 Å². The zero-order valence-electron chi connectivity index (χ0n) is 21.9. The van der Waals surface area contributed by atoms with Crippen LogP contribution in [0.25, 0.3) is 0 Å². The number of carbonyl (C=O) groups is 3. The van der Waals surface area contributed by atoms with E-state index in [1.807, 2.05) is 66.7 Å². The highest BCUT2D eigenvalue weighted by molar-refractivity contribution is 5.86. The van der Waals surface area contributed by atoms with Crippen LogP contribution >= 0.6 is 0 Å². The molecule has 3 atom stereocenters. The molecule has 1 aliphatic heterocycles. The maximum atomic E-state index is 13.2. The molecule has 2 amide bonds. The van der Waals surface area contributed by atoms with Crippen LogP contribution in [0.15, 0.2) is 66.7 Å². The van der Waals surface area contributed by atoms with Crippen LogP contribution in [0, 0.1) is 5.92 Å². The topological polar surface area (TPSA) is 114 Å². The van der Waals surface area contributed by atoms with Crippen molar-refractivity contribution in [2.45, 2.75) is 64.1 Å². The van der Waals surface area contributed by atoms with Gasteiger partial charge in [-0.3, -0.25) is 14.4 Å². The predicted molar refractivity (Wildman–Crippen MR) is 144 cm³/mol. The molecule has 3 N–H and O–H groups in total. The van der Waals surface area contributed by atoms with E-state index < -0.39 is 12.0 Å². The summed E-state index contributed by atoms with van der Waals surface area (Å²) in [6.45, 7) is 2.04. The van der Waals surface area contributed by atoms with Gasteiger partial charge in [0.15, 0.2) is 0 Å². The summed E-state index contributed by atoms with van der Waals surface area (Å²) in [6.07, 6.45) is 6.34. The number of esters is 1. The fourth-order valence-corrected chi connectivity index (χ4v) is 4.11. The molecule has 8 nitrogen and oxygen atoms in total. The number of aliphatic hydroxyl groups excluding tert-OH is 1. The molecule has 1 aliphatic rings. The lowest BCUT2D eigenvalue weighted by Crippen LogP contribution is -2.45. The smallest absolute Gasteiger partial charge is 0.305 e. The number of cyclic esters (lactones) is 1. The lowest BCUT2D eigenvalue weighted by Gasteiger charge is -2.23. The van der Waals surface area contributed by atoms with Crippen molar-refractivity contribution in [3.05, 3.63) is 77.9 Å². The maximum absolute atomic E-state index is 13.2. The van der Waals surface area contributed by atoms with E-state index in [9.17, 15) is 19.5 Å². The summed E-state index contributed by atoms with van der Waals surface area (Å²) in [5, 5.41) is 14.9. The Bertz CT molecular complexity index is 1050. The van der Waals surface area contributed by atoms with E-state index in [0.717, 1.165) is 16.9 Å². The van der Waals surface area contributed by atoms with Crippen LogP contribution in [0.1, 0.15) is 50.2 Å². The van der Waals surface area contributed by atoms with Crippen molar-refractivity contribution in [1.82, 2.24) is 10.6 Å². The molecular weight excluding hydrogens is 484 g/mol. The maximum Gasteiger partial charge on any atom is 0.305 e. The van der Waals surface area contributed by atoms with E-state index in [2.05, 4.69) is 10.6 Å². The number of hydrogen-bond donors (Lipinski definition) is 3.